The van der Waals surface area contributed by atoms with E-state index in [1.165, 1.54) is 5.56 Å². The lowest BCUT2D eigenvalue weighted by atomic mass is 10.1. The molecule has 27 heavy (non-hydrogen) atoms. The Balaban J connectivity index is 2.18. The normalized spacial score (nSPS) is 10.7. The molecule has 0 bridgehead atoms. The van der Waals surface area contributed by atoms with E-state index < -0.39 is 5.97 Å². The van der Waals surface area contributed by atoms with Crippen LogP contribution in [0.3, 0.4) is 0 Å². The topological polar surface area (TPSA) is 60.5 Å². The Labute approximate surface area is 159 Å². The van der Waals surface area contributed by atoms with Crippen molar-refractivity contribution in [3.05, 3.63) is 59.3 Å². The summed E-state index contributed by atoms with van der Waals surface area (Å²) >= 11 is 0. The molecule has 0 saturated heterocycles. The van der Waals surface area contributed by atoms with Crippen molar-refractivity contribution in [3.8, 4) is 5.75 Å². The second-order valence-electron chi connectivity index (χ2n) is 6.32. The quantitative estimate of drug-likeness (QED) is 0.611. The number of carbonyl (C=O) groups excluding carboxylic acids is 1. The van der Waals surface area contributed by atoms with Crippen LogP contribution in [0.1, 0.15) is 35.3 Å². The van der Waals surface area contributed by atoms with Gasteiger partial charge in [0.2, 0.25) is 0 Å². The summed E-state index contributed by atoms with van der Waals surface area (Å²) in [6.45, 7) is 8.68. The van der Waals surface area contributed by atoms with Gasteiger partial charge in [0.05, 0.1) is 24.4 Å². The van der Waals surface area contributed by atoms with Crippen molar-refractivity contribution in [1.82, 2.24) is 4.98 Å². The van der Waals surface area contributed by atoms with E-state index in [1.54, 1.807) is 13.1 Å². The van der Waals surface area contributed by atoms with E-state index in [1.807, 2.05) is 44.2 Å². The Morgan fingerprint density at radius 2 is 1.89 bits per heavy atom. The molecule has 2 aromatic carbocycles. The average molecular weight is 364 g/mol. The zero-order valence-corrected chi connectivity index (χ0v) is 16.1. The molecule has 1 heterocycles. The molecule has 0 unspecified atom stereocenters. The number of aryl methyl sites for hydroxylation is 2. The standard InChI is InChI=1S/C22H24N2O3/c1-5-26-16-8-10-20-17(12-16)21(18(13-23-20)22(25)27-6-2)24-19-9-7-14(3)11-15(19)4/h7-13H,5-6H2,1-4H3,(H,23,24). The van der Waals surface area contributed by atoms with E-state index >= 15 is 0 Å². The molecule has 0 aliphatic rings. The van der Waals surface area contributed by atoms with Crippen LogP contribution in [0.2, 0.25) is 0 Å². The van der Waals surface area contributed by atoms with Gasteiger partial charge in [0, 0.05) is 17.3 Å². The largest absolute Gasteiger partial charge is 0.494 e. The minimum absolute atomic E-state index is 0.304. The minimum Gasteiger partial charge on any atom is -0.494 e. The van der Waals surface area contributed by atoms with Gasteiger partial charge in [-0.1, -0.05) is 17.7 Å². The van der Waals surface area contributed by atoms with Crippen molar-refractivity contribution in [2.24, 2.45) is 0 Å². The van der Waals surface area contributed by atoms with Gasteiger partial charge >= 0.3 is 5.97 Å². The molecule has 0 aliphatic heterocycles. The second-order valence-corrected chi connectivity index (χ2v) is 6.32. The molecule has 0 fully saturated rings. The Hall–Kier alpha value is -3.08. The van der Waals surface area contributed by atoms with Crippen LogP contribution >= 0.6 is 0 Å². The number of hydrogen-bond acceptors (Lipinski definition) is 5. The maximum atomic E-state index is 12.5. The Kier molecular flexibility index (Phi) is 5.60. The number of nitrogens with zero attached hydrogens (tertiary/aromatic N) is 1. The molecular formula is C22H24N2O3. The summed E-state index contributed by atoms with van der Waals surface area (Å²) < 4.78 is 10.9. The molecule has 1 aromatic heterocycles. The van der Waals surface area contributed by atoms with Crippen molar-refractivity contribution in [2.75, 3.05) is 18.5 Å². The third-order valence-corrected chi connectivity index (χ3v) is 4.29. The molecule has 3 rings (SSSR count). The number of rotatable bonds is 6. The number of pyridine rings is 1. The Morgan fingerprint density at radius 1 is 1.07 bits per heavy atom. The first-order chi connectivity index (χ1) is 13.0. The predicted octanol–water partition coefficient (Wildman–Crippen LogP) is 5.17. The molecule has 0 amide bonds. The highest BCUT2D eigenvalue weighted by molar-refractivity contribution is 6.06. The first-order valence-corrected chi connectivity index (χ1v) is 9.10. The van der Waals surface area contributed by atoms with Crippen LogP contribution in [0.15, 0.2) is 42.6 Å². The van der Waals surface area contributed by atoms with Gasteiger partial charge in [-0.3, -0.25) is 4.98 Å². The van der Waals surface area contributed by atoms with Crippen molar-refractivity contribution >= 4 is 28.2 Å². The van der Waals surface area contributed by atoms with Crippen LogP contribution < -0.4 is 10.1 Å². The fourth-order valence-electron chi connectivity index (χ4n) is 3.01. The number of fused-ring (bicyclic) bond motifs is 1. The molecule has 0 spiro atoms. The highest BCUT2D eigenvalue weighted by Crippen LogP contribution is 2.33. The van der Waals surface area contributed by atoms with Crippen molar-refractivity contribution < 1.29 is 14.3 Å². The lowest BCUT2D eigenvalue weighted by Crippen LogP contribution is -2.09. The van der Waals surface area contributed by atoms with Crippen molar-refractivity contribution in [3.63, 3.8) is 0 Å². The lowest BCUT2D eigenvalue weighted by Gasteiger charge is -2.16. The minimum atomic E-state index is -0.402. The fraction of sp³-hybridized carbons (Fsp3) is 0.273. The van der Waals surface area contributed by atoms with Crippen LogP contribution in [0, 0.1) is 13.8 Å². The van der Waals surface area contributed by atoms with E-state index in [0.717, 1.165) is 27.9 Å². The zero-order chi connectivity index (χ0) is 19.4. The molecule has 3 aromatic rings. The number of hydrogen-bond donors (Lipinski definition) is 1. The van der Waals surface area contributed by atoms with E-state index in [4.69, 9.17) is 9.47 Å². The fourth-order valence-corrected chi connectivity index (χ4v) is 3.01. The van der Waals surface area contributed by atoms with Gasteiger partial charge in [0.25, 0.3) is 0 Å². The molecular weight excluding hydrogens is 340 g/mol. The molecule has 5 nitrogen and oxygen atoms in total. The van der Waals surface area contributed by atoms with Crippen LogP contribution in [0.5, 0.6) is 5.75 Å². The molecule has 0 atom stereocenters. The van der Waals surface area contributed by atoms with Gasteiger partial charge in [0.1, 0.15) is 11.3 Å². The maximum absolute atomic E-state index is 12.5. The summed E-state index contributed by atoms with van der Waals surface area (Å²) in [5, 5.41) is 4.23. The van der Waals surface area contributed by atoms with Gasteiger partial charge in [-0.25, -0.2) is 4.79 Å². The van der Waals surface area contributed by atoms with Gasteiger partial charge in [-0.15, -0.1) is 0 Å². The third kappa shape index (κ3) is 4.03. The summed E-state index contributed by atoms with van der Waals surface area (Å²) in [6, 6.07) is 11.8. The first-order valence-electron chi connectivity index (χ1n) is 9.10. The molecule has 1 N–H and O–H groups in total. The third-order valence-electron chi connectivity index (χ3n) is 4.29. The van der Waals surface area contributed by atoms with E-state index in [-0.39, 0.29) is 0 Å². The molecule has 0 aliphatic carbocycles. The van der Waals surface area contributed by atoms with Crippen molar-refractivity contribution in [1.29, 1.82) is 0 Å². The van der Waals surface area contributed by atoms with Gasteiger partial charge in [-0.05, 0) is 57.5 Å². The number of aromatic nitrogens is 1. The molecule has 140 valence electrons. The molecule has 0 saturated carbocycles. The van der Waals surface area contributed by atoms with Gasteiger partial charge in [-0.2, -0.15) is 0 Å². The van der Waals surface area contributed by atoms with Gasteiger partial charge in [0.15, 0.2) is 0 Å². The van der Waals surface area contributed by atoms with Crippen LogP contribution in [0.4, 0.5) is 11.4 Å². The lowest BCUT2D eigenvalue weighted by molar-refractivity contribution is 0.0527. The first kappa shape index (κ1) is 18.7. The van der Waals surface area contributed by atoms with Gasteiger partial charge < -0.3 is 14.8 Å². The maximum Gasteiger partial charge on any atom is 0.341 e. The smallest absolute Gasteiger partial charge is 0.341 e. The highest BCUT2D eigenvalue weighted by atomic mass is 16.5. The molecule has 0 radical (unpaired) electrons. The van der Waals surface area contributed by atoms with E-state index in [2.05, 4.69) is 23.3 Å². The van der Waals surface area contributed by atoms with Crippen molar-refractivity contribution in [2.45, 2.75) is 27.7 Å². The molecule has 5 heteroatoms. The zero-order valence-electron chi connectivity index (χ0n) is 16.1. The average Bonchev–Trinajstić information content (AvgIpc) is 2.64. The number of carbonyl (C=O) groups is 1. The number of nitrogens with one attached hydrogen (secondary N) is 1. The van der Waals surface area contributed by atoms with Crippen LogP contribution in [-0.4, -0.2) is 24.2 Å². The SMILES string of the molecule is CCOC(=O)c1cnc2ccc(OCC)cc2c1Nc1ccc(C)cc1C. The Bertz CT molecular complexity index is 983. The van der Waals surface area contributed by atoms with Crippen LogP contribution in [-0.2, 0) is 4.74 Å². The summed E-state index contributed by atoms with van der Waals surface area (Å²) in [7, 11) is 0. The number of ether oxygens (including phenoxy) is 2. The Morgan fingerprint density at radius 3 is 2.59 bits per heavy atom. The van der Waals surface area contributed by atoms with E-state index in [0.29, 0.717) is 24.5 Å². The second kappa shape index (κ2) is 8.08. The number of benzene rings is 2. The summed E-state index contributed by atoms with van der Waals surface area (Å²) in [5.74, 6) is 0.331. The number of anilines is 2. The summed E-state index contributed by atoms with van der Waals surface area (Å²) in [4.78, 5) is 16.9. The summed E-state index contributed by atoms with van der Waals surface area (Å²) in [5.41, 5.74) is 5.06. The van der Waals surface area contributed by atoms with E-state index in [9.17, 15) is 4.79 Å². The number of esters is 1. The predicted molar refractivity (Wildman–Crippen MR) is 108 cm³/mol. The monoisotopic (exact) mass is 364 g/mol. The summed E-state index contributed by atoms with van der Waals surface area (Å²) in [6.07, 6.45) is 1.56. The van der Waals surface area contributed by atoms with Crippen LogP contribution in [0.25, 0.3) is 10.9 Å². The highest BCUT2D eigenvalue weighted by Gasteiger charge is 2.18.